The Balaban J connectivity index is 1.54. The highest BCUT2D eigenvalue weighted by atomic mass is 16.5. The number of ether oxygens (including phenoxy) is 2. The molecule has 0 radical (unpaired) electrons. The molecule has 0 amide bonds. The molecule has 0 aliphatic carbocycles. The molecule has 4 rings (SSSR count). The highest BCUT2D eigenvalue weighted by molar-refractivity contribution is 5.88. The molecule has 4 aromatic rings. The lowest BCUT2D eigenvalue weighted by Crippen LogP contribution is -2.04. The number of nitrogens with zero attached hydrogens (tertiary/aromatic N) is 2. The summed E-state index contributed by atoms with van der Waals surface area (Å²) in [7, 11) is 1.91. The van der Waals surface area contributed by atoms with Crippen LogP contribution in [0, 0.1) is 0 Å². The van der Waals surface area contributed by atoms with Gasteiger partial charge in [-0.3, -0.25) is 0 Å². The van der Waals surface area contributed by atoms with E-state index in [0.717, 1.165) is 28.4 Å². The molecule has 0 atom stereocenters. The lowest BCUT2D eigenvalue weighted by molar-refractivity contribution is 0.0696. The molecule has 0 bridgehead atoms. The van der Waals surface area contributed by atoms with Crippen LogP contribution in [0.3, 0.4) is 0 Å². The Morgan fingerprint density at radius 3 is 2.54 bits per heavy atom. The third-order valence-corrected chi connectivity index (χ3v) is 4.37. The van der Waals surface area contributed by atoms with Gasteiger partial charge in [0.15, 0.2) is 0 Å². The maximum absolute atomic E-state index is 11.1. The fourth-order valence-corrected chi connectivity index (χ4v) is 2.90. The lowest BCUT2D eigenvalue weighted by Gasteiger charge is -2.08. The van der Waals surface area contributed by atoms with Crippen LogP contribution < -0.4 is 9.47 Å². The number of rotatable bonds is 6. The summed E-state index contributed by atoms with van der Waals surface area (Å²) in [5.41, 5.74) is 1.94. The van der Waals surface area contributed by atoms with Crippen LogP contribution in [0.25, 0.3) is 11.0 Å². The summed E-state index contributed by atoms with van der Waals surface area (Å²) < 4.78 is 13.6. The van der Waals surface area contributed by atoms with Crippen LogP contribution >= 0.6 is 0 Å². The predicted molar refractivity (Wildman–Crippen MR) is 105 cm³/mol. The monoisotopic (exact) mass is 374 g/mol. The van der Waals surface area contributed by atoms with Gasteiger partial charge in [-0.05, 0) is 42.5 Å². The molecule has 6 nitrogen and oxygen atoms in total. The molecular weight excluding hydrogens is 356 g/mol. The van der Waals surface area contributed by atoms with Gasteiger partial charge in [0, 0.05) is 13.1 Å². The largest absolute Gasteiger partial charge is 0.486 e. The van der Waals surface area contributed by atoms with Gasteiger partial charge in [0.05, 0.1) is 16.6 Å². The van der Waals surface area contributed by atoms with Crippen molar-refractivity contribution in [1.29, 1.82) is 0 Å². The van der Waals surface area contributed by atoms with E-state index in [1.54, 1.807) is 12.1 Å². The molecule has 3 aromatic carbocycles. The number of carboxylic acid groups (broad SMARTS) is 1. The number of carbonyl (C=O) groups is 1. The van der Waals surface area contributed by atoms with Crippen molar-refractivity contribution in [3.05, 3.63) is 84.2 Å². The SMILES string of the molecule is Cn1c(COc2cccc(C(=O)O)c2)nc2ccc(Oc3ccccc3)cc21. The molecular formula is C22H18N2O4. The zero-order valence-electron chi connectivity index (χ0n) is 15.2. The van der Waals surface area contributed by atoms with Crippen molar-refractivity contribution in [1.82, 2.24) is 9.55 Å². The Morgan fingerprint density at radius 1 is 0.964 bits per heavy atom. The van der Waals surface area contributed by atoms with Crippen molar-refractivity contribution in [2.24, 2.45) is 7.05 Å². The molecule has 0 aliphatic rings. The first-order valence-corrected chi connectivity index (χ1v) is 8.74. The van der Waals surface area contributed by atoms with Crippen LogP contribution in [-0.4, -0.2) is 20.6 Å². The van der Waals surface area contributed by atoms with E-state index in [4.69, 9.17) is 14.6 Å². The molecule has 0 aliphatic heterocycles. The van der Waals surface area contributed by atoms with E-state index in [9.17, 15) is 4.79 Å². The minimum Gasteiger partial charge on any atom is -0.486 e. The molecule has 0 fully saturated rings. The Bertz CT molecular complexity index is 1140. The summed E-state index contributed by atoms with van der Waals surface area (Å²) in [5, 5.41) is 9.08. The minimum atomic E-state index is -0.987. The van der Waals surface area contributed by atoms with E-state index >= 15 is 0 Å². The lowest BCUT2D eigenvalue weighted by atomic mass is 10.2. The molecule has 0 spiro atoms. The topological polar surface area (TPSA) is 73.6 Å². The van der Waals surface area contributed by atoms with Gasteiger partial charge in [-0.1, -0.05) is 24.3 Å². The fraction of sp³-hybridized carbons (Fsp3) is 0.0909. The number of carboxylic acids is 1. The number of aromatic nitrogens is 2. The number of benzene rings is 3. The molecule has 28 heavy (non-hydrogen) atoms. The number of hydrogen-bond acceptors (Lipinski definition) is 4. The number of hydrogen-bond donors (Lipinski definition) is 1. The van der Waals surface area contributed by atoms with Crippen molar-refractivity contribution in [3.63, 3.8) is 0 Å². The van der Waals surface area contributed by atoms with Crippen LogP contribution in [0.2, 0.25) is 0 Å². The quantitative estimate of drug-likeness (QED) is 0.532. The van der Waals surface area contributed by atoms with Crippen molar-refractivity contribution in [2.75, 3.05) is 0 Å². The summed E-state index contributed by atoms with van der Waals surface area (Å²) in [5.74, 6) is 1.72. The van der Waals surface area contributed by atoms with Crippen molar-refractivity contribution < 1.29 is 19.4 Å². The van der Waals surface area contributed by atoms with Gasteiger partial charge >= 0.3 is 5.97 Å². The highest BCUT2D eigenvalue weighted by Gasteiger charge is 2.11. The second-order valence-electron chi connectivity index (χ2n) is 6.27. The third-order valence-electron chi connectivity index (χ3n) is 4.37. The van der Waals surface area contributed by atoms with E-state index in [2.05, 4.69) is 4.98 Å². The Morgan fingerprint density at radius 2 is 1.75 bits per heavy atom. The van der Waals surface area contributed by atoms with Gasteiger partial charge < -0.3 is 19.1 Å². The van der Waals surface area contributed by atoms with Gasteiger partial charge in [0.25, 0.3) is 0 Å². The summed E-state index contributed by atoms with van der Waals surface area (Å²) in [4.78, 5) is 15.7. The summed E-state index contributed by atoms with van der Waals surface area (Å²) in [6, 6.07) is 21.7. The fourth-order valence-electron chi connectivity index (χ4n) is 2.90. The van der Waals surface area contributed by atoms with Gasteiger partial charge in [-0.25, -0.2) is 9.78 Å². The van der Waals surface area contributed by atoms with Crippen LogP contribution in [0.1, 0.15) is 16.2 Å². The van der Waals surface area contributed by atoms with E-state index in [0.29, 0.717) is 5.75 Å². The number of para-hydroxylation sites is 1. The average molecular weight is 374 g/mol. The van der Waals surface area contributed by atoms with Crippen molar-refractivity contribution in [2.45, 2.75) is 6.61 Å². The smallest absolute Gasteiger partial charge is 0.335 e. The summed E-state index contributed by atoms with van der Waals surface area (Å²) in [6.07, 6.45) is 0. The standard InChI is InChI=1S/C22H18N2O4/c1-24-20-13-18(28-16-7-3-2-4-8-16)10-11-19(20)23-21(24)14-27-17-9-5-6-15(12-17)22(25)26/h2-13H,14H2,1H3,(H,25,26). The first-order valence-electron chi connectivity index (χ1n) is 8.74. The van der Waals surface area contributed by atoms with Crippen LogP contribution in [0.4, 0.5) is 0 Å². The third kappa shape index (κ3) is 3.66. The van der Waals surface area contributed by atoms with Crippen molar-refractivity contribution in [3.8, 4) is 17.2 Å². The Kier molecular flexibility index (Phi) is 4.68. The summed E-state index contributed by atoms with van der Waals surface area (Å²) in [6.45, 7) is 0.225. The summed E-state index contributed by atoms with van der Waals surface area (Å²) >= 11 is 0. The van der Waals surface area contributed by atoms with E-state index in [1.807, 2.05) is 60.1 Å². The van der Waals surface area contributed by atoms with Crippen LogP contribution in [0.5, 0.6) is 17.2 Å². The van der Waals surface area contributed by atoms with Crippen molar-refractivity contribution >= 4 is 17.0 Å². The highest BCUT2D eigenvalue weighted by Crippen LogP contribution is 2.26. The van der Waals surface area contributed by atoms with Gasteiger partial charge in [-0.15, -0.1) is 0 Å². The van der Waals surface area contributed by atoms with E-state index in [1.165, 1.54) is 12.1 Å². The van der Waals surface area contributed by atoms with E-state index in [-0.39, 0.29) is 12.2 Å². The molecule has 0 saturated heterocycles. The van der Waals surface area contributed by atoms with Gasteiger partial charge in [0.1, 0.15) is 29.7 Å². The number of aromatic carboxylic acids is 1. The van der Waals surface area contributed by atoms with Crippen LogP contribution in [0.15, 0.2) is 72.8 Å². The molecule has 0 unspecified atom stereocenters. The normalized spacial score (nSPS) is 10.8. The first kappa shape index (κ1) is 17.6. The molecule has 6 heteroatoms. The average Bonchev–Trinajstić information content (AvgIpc) is 3.03. The molecule has 1 aromatic heterocycles. The van der Waals surface area contributed by atoms with Crippen LogP contribution in [-0.2, 0) is 13.7 Å². The maximum Gasteiger partial charge on any atom is 0.335 e. The molecule has 0 saturated carbocycles. The Hall–Kier alpha value is -3.80. The predicted octanol–water partition coefficient (Wildman–Crippen LogP) is 4.64. The number of imidazole rings is 1. The van der Waals surface area contributed by atoms with Gasteiger partial charge in [-0.2, -0.15) is 0 Å². The zero-order chi connectivity index (χ0) is 19.5. The molecule has 1 heterocycles. The zero-order valence-corrected chi connectivity index (χ0v) is 15.2. The minimum absolute atomic E-state index is 0.185. The number of fused-ring (bicyclic) bond motifs is 1. The van der Waals surface area contributed by atoms with E-state index < -0.39 is 5.97 Å². The Labute approximate surface area is 161 Å². The van der Waals surface area contributed by atoms with Gasteiger partial charge in [0.2, 0.25) is 0 Å². The molecule has 140 valence electrons. The second-order valence-corrected chi connectivity index (χ2v) is 6.27. The number of aryl methyl sites for hydroxylation is 1. The second kappa shape index (κ2) is 7.44. The molecule has 1 N–H and O–H groups in total. The maximum atomic E-state index is 11.1. The first-order chi connectivity index (χ1) is 13.6.